The molecule has 2 fully saturated rings. The lowest BCUT2D eigenvalue weighted by molar-refractivity contribution is -0.137. The number of aromatic nitrogens is 1. The van der Waals surface area contributed by atoms with Crippen LogP contribution in [0, 0.1) is 24.1 Å². The van der Waals surface area contributed by atoms with Crippen LogP contribution in [0.3, 0.4) is 0 Å². The number of fused-ring (bicyclic) bond motifs is 1. The Morgan fingerprint density at radius 2 is 1.98 bits per heavy atom. The summed E-state index contributed by atoms with van der Waals surface area (Å²) < 4.78 is 61.6. The van der Waals surface area contributed by atoms with Crippen molar-refractivity contribution in [2.75, 3.05) is 61.4 Å². The molecule has 0 saturated carbocycles. The van der Waals surface area contributed by atoms with E-state index in [4.69, 9.17) is 4.74 Å². The smallest absolute Gasteiger partial charge is 0.417 e. The van der Waals surface area contributed by atoms with Crippen LogP contribution in [0.2, 0.25) is 0 Å². The second kappa shape index (κ2) is 10.1. The zero-order valence-electron chi connectivity index (χ0n) is 21.8. The van der Waals surface area contributed by atoms with Crippen molar-refractivity contribution in [2.24, 2.45) is 0 Å². The number of amides is 2. The van der Waals surface area contributed by atoms with Crippen molar-refractivity contribution in [2.45, 2.75) is 31.2 Å². The van der Waals surface area contributed by atoms with E-state index in [9.17, 15) is 28.0 Å². The normalized spacial score (nSPS) is 20.4. The quantitative estimate of drug-likeness (QED) is 0.536. The summed E-state index contributed by atoms with van der Waals surface area (Å²) in [6, 6.07) is 5.56. The van der Waals surface area contributed by atoms with Crippen LogP contribution in [-0.4, -0.2) is 79.8 Å². The number of likely N-dealkylation sites (N-methyl/N-ethyl adjacent to an activating group) is 1. The third-order valence-electron chi connectivity index (χ3n) is 7.41. The number of benzene rings is 1. The van der Waals surface area contributed by atoms with Crippen molar-refractivity contribution < 1.29 is 31.9 Å². The molecule has 2 N–H and O–H groups in total. The fourth-order valence-electron chi connectivity index (χ4n) is 5.29. The number of hydrogen-bond donors (Lipinski definition) is 2. The number of halogens is 4. The Morgan fingerprint density at radius 3 is 2.60 bits per heavy atom. The minimum absolute atomic E-state index is 0.0199. The van der Waals surface area contributed by atoms with Gasteiger partial charge in [0.25, 0.3) is 0 Å². The van der Waals surface area contributed by atoms with E-state index in [1.807, 2.05) is 0 Å². The number of carbonyl (C=O) groups excluding carboxylic acids is 2. The van der Waals surface area contributed by atoms with E-state index >= 15 is 4.39 Å². The Bertz CT molecular complexity index is 1390. The highest BCUT2D eigenvalue weighted by molar-refractivity contribution is 6.01. The number of anilines is 3. The van der Waals surface area contributed by atoms with Crippen molar-refractivity contribution in [1.29, 1.82) is 5.26 Å². The van der Waals surface area contributed by atoms with E-state index < -0.39 is 46.8 Å². The van der Waals surface area contributed by atoms with Gasteiger partial charge in [0.15, 0.2) is 5.60 Å². The number of nitrogens with zero attached hydrogens (tertiary/aromatic N) is 5. The van der Waals surface area contributed by atoms with Crippen molar-refractivity contribution in [3.63, 3.8) is 0 Å². The zero-order valence-corrected chi connectivity index (χ0v) is 21.8. The van der Waals surface area contributed by atoms with E-state index in [0.717, 1.165) is 6.07 Å². The summed E-state index contributed by atoms with van der Waals surface area (Å²) in [7, 11) is 1.44. The zero-order chi connectivity index (χ0) is 28.8. The van der Waals surface area contributed by atoms with Crippen LogP contribution in [0.5, 0.6) is 0 Å². The van der Waals surface area contributed by atoms with Crippen molar-refractivity contribution in [3.8, 4) is 6.07 Å². The molecule has 2 amide bonds. The van der Waals surface area contributed by atoms with Gasteiger partial charge in [-0.1, -0.05) is 6.07 Å². The lowest BCUT2D eigenvalue weighted by Gasteiger charge is -2.37. The van der Waals surface area contributed by atoms with Gasteiger partial charge in [-0.15, -0.1) is 0 Å². The molecule has 5 rings (SSSR count). The van der Waals surface area contributed by atoms with Gasteiger partial charge in [0.1, 0.15) is 29.3 Å². The number of rotatable bonds is 5. The molecular weight excluding hydrogens is 534 g/mol. The standard InChI is InChI=1S/C26H27F4N7O3/c1-15-10-17(26(28,29)30)16(11-31)22(33-15)34-19-6-7-36(8-9-37-14-25(12-32-13-25)40-24(37)39)21-18(27)4-3-5-20(21)35(2)23(19)38/h3-5,10,19,32H,6-9,12-14H2,1-2H3,(H,33,34). The summed E-state index contributed by atoms with van der Waals surface area (Å²) in [5, 5.41) is 15.4. The van der Waals surface area contributed by atoms with Crippen molar-refractivity contribution >= 4 is 29.2 Å². The lowest BCUT2D eigenvalue weighted by atomic mass is 9.97. The molecule has 10 nitrogen and oxygen atoms in total. The molecule has 1 aromatic carbocycles. The predicted molar refractivity (Wildman–Crippen MR) is 136 cm³/mol. The molecule has 3 aliphatic heterocycles. The Labute approximate surface area is 227 Å². The third-order valence-corrected chi connectivity index (χ3v) is 7.41. The first kappa shape index (κ1) is 27.4. The summed E-state index contributed by atoms with van der Waals surface area (Å²) in [5.41, 5.74) is -1.96. The maximum absolute atomic E-state index is 15.2. The average molecular weight is 562 g/mol. The van der Waals surface area contributed by atoms with Crippen LogP contribution in [0.1, 0.15) is 23.2 Å². The van der Waals surface area contributed by atoms with Gasteiger partial charge in [0, 0.05) is 45.5 Å². The Balaban J connectivity index is 1.43. The number of ether oxygens (including phenoxy) is 1. The van der Waals surface area contributed by atoms with Crippen LogP contribution in [0.4, 0.5) is 39.5 Å². The summed E-state index contributed by atoms with van der Waals surface area (Å²) in [4.78, 5) is 34.5. The molecule has 1 unspecified atom stereocenters. The fraction of sp³-hybridized carbons (Fsp3) is 0.462. The Kier molecular flexibility index (Phi) is 6.95. The van der Waals surface area contributed by atoms with Crippen LogP contribution in [-0.2, 0) is 15.7 Å². The second-order valence-corrected chi connectivity index (χ2v) is 10.2. The molecule has 14 heteroatoms. The Hall–Kier alpha value is -4.12. The molecule has 0 radical (unpaired) electrons. The third kappa shape index (κ3) is 4.97. The van der Waals surface area contributed by atoms with Crippen molar-refractivity contribution in [1.82, 2.24) is 15.2 Å². The molecule has 2 aromatic rings. The van der Waals surface area contributed by atoms with E-state index in [2.05, 4.69) is 15.6 Å². The maximum Gasteiger partial charge on any atom is 0.417 e. The van der Waals surface area contributed by atoms with E-state index in [0.29, 0.717) is 19.6 Å². The second-order valence-electron chi connectivity index (χ2n) is 10.2. The molecule has 2 saturated heterocycles. The molecule has 212 valence electrons. The molecule has 0 aliphatic carbocycles. The summed E-state index contributed by atoms with van der Waals surface area (Å²) in [6.07, 6.45) is -5.20. The van der Waals surface area contributed by atoms with Gasteiger partial charge in [0.2, 0.25) is 5.91 Å². The summed E-state index contributed by atoms with van der Waals surface area (Å²) in [6.45, 7) is 3.45. The number of hydrogen-bond acceptors (Lipinski definition) is 8. The number of nitrogens with one attached hydrogen (secondary N) is 2. The summed E-state index contributed by atoms with van der Waals surface area (Å²) >= 11 is 0. The van der Waals surface area contributed by atoms with Crippen LogP contribution in [0.25, 0.3) is 0 Å². The van der Waals surface area contributed by atoms with Gasteiger partial charge < -0.3 is 30.1 Å². The van der Waals surface area contributed by atoms with Gasteiger partial charge in [-0.3, -0.25) is 4.79 Å². The maximum atomic E-state index is 15.2. The van der Waals surface area contributed by atoms with Gasteiger partial charge in [0.05, 0.1) is 23.5 Å². The molecule has 1 atom stereocenters. The van der Waals surface area contributed by atoms with Crippen LogP contribution >= 0.6 is 0 Å². The highest BCUT2D eigenvalue weighted by Gasteiger charge is 2.49. The minimum atomic E-state index is -4.80. The van der Waals surface area contributed by atoms with Gasteiger partial charge in [-0.05, 0) is 31.5 Å². The minimum Gasteiger partial charge on any atom is -0.438 e. The van der Waals surface area contributed by atoms with Gasteiger partial charge in [-0.25, -0.2) is 14.2 Å². The Morgan fingerprint density at radius 1 is 1.25 bits per heavy atom. The van der Waals surface area contributed by atoms with Crippen molar-refractivity contribution in [3.05, 3.63) is 46.9 Å². The number of aryl methyl sites for hydroxylation is 1. The first-order chi connectivity index (χ1) is 18.9. The number of nitriles is 1. The SMILES string of the molecule is Cc1cc(C(F)(F)F)c(C#N)c(NC2CCN(CCN3CC4(CNC4)OC3=O)c3c(F)cccc3N(C)C2=O)n1. The molecular formula is C26H27F4N7O3. The molecule has 0 bridgehead atoms. The van der Waals surface area contributed by atoms with E-state index in [1.54, 1.807) is 21.9 Å². The first-order valence-corrected chi connectivity index (χ1v) is 12.7. The monoisotopic (exact) mass is 561 g/mol. The summed E-state index contributed by atoms with van der Waals surface area (Å²) in [5.74, 6) is -1.45. The first-order valence-electron chi connectivity index (χ1n) is 12.7. The lowest BCUT2D eigenvalue weighted by Crippen LogP contribution is -2.61. The number of pyridine rings is 1. The van der Waals surface area contributed by atoms with Gasteiger partial charge >= 0.3 is 12.3 Å². The molecule has 4 heterocycles. The van der Waals surface area contributed by atoms with Crippen LogP contribution in [0.15, 0.2) is 24.3 Å². The van der Waals surface area contributed by atoms with E-state index in [-0.39, 0.29) is 48.9 Å². The fourth-order valence-corrected chi connectivity index (χ4v) is 5.29. The number of para-hydroxylation sites is 1. The molecule has 1 aromatic heterocycles. The largest absolute Gasteiger partial charge is 0.438 e. The number of carbonyl (C=O) groups is 2. The molecule has 3 aliphatic rings. The highest BCUT2D eigenvalue weighted by Crippen LogP contribution is 2.37. The predicted octanol–water partition coefficient (Wildman–Crippen LogP) is 2.87. The molecule has 1 spiro atoms. The highest BCUT2D eigenvalue weighted by atomic mass is 19.4. The van der Waals surface area contributed by atoms with Gasteiger partial charge in [-0.2, -0.15) is 18.4 Å². The number of alkyl halides is 3. The van der Waals surface area contributed by atoms with E-state index in [1.165, 1.54) is 31.0 Å². The topological polar surface area (TPSA) is 114 Å². The average Bonchev–Trinajstić information content (AvgIpc) is 3.23. The molecule has 40 heavy (non-hydrogen) atoms. The van der Waals surface area contributed by atoms with Crippen LogP contribution < -0.4 is 20.4 Å².